The van der Waals surface area contributed by atoms with Gasteiger partial charge >= 0.3 is 0 Å². The molecule has 0 aromatic heterocycles. The summed E-state index contributed by atoms with van der Waals surface area (Å²) in [5, 5.41) is 5.83. The van der Waals surface area contributed by atoms with Crippen LogP contribution in [-0.4, -0.2) is 48.4 Å². The van der Waals surface area contributed by atoms with Crippen LogP contribution in [-0.2, 0) is 9.59 Å². The van der Waals surface area contributed by atoms with Gasteiger partial charge < -0.3 is 15.5 Å². The lowest BCUT2D eigenvalue weighted by Crippen LogP contribution is -2.57. The van der Waals surface area contributed by atoms with Crippen LogP contribution in [0.25, 0.3) is 0 Å². The second kappa shape index (κ2) is 5.11. The highest BCUT2D eigenvalue weighted by atomic mass is 16.2. The number of carbonyl (C=O) groups excluding carboxylic acids is 2. The molecule has 5 heteroatoms. The Bertz CT molecular complexity index is 255. The lowest BCUT2D eigenvalue weighted by atomic mass is 10.2. The van der Waals surface area contributed by atoms with E-state index in [9.17, 15) is 9.59 Å². The van der Waals surface area contributed by atoms with Crippen molar-refractivity contribution < 1.29 is 9.59 Å². The van der Waals surface area contributed by atoms with Gasteiger partial charge in [0.05, 0.1) is 0 Å². The van der Waals surface area contributed by atoms with Crippen LogP contribution in [0.1, 0.15) is 20.8 Å². The van der Waals surface area contributed by atoms with Crippen LogP contribution >= 0.6 is 0 Å². The molecule has 2 unspecified atom stereocenters. The number of piperazine rings is 1. The number of nitrogens with zero attached hydrogens (tertiary/aromatic N) is 1. The van der Waals surface area contributed by atoms with Crippen LogP contribution in [0.3, 0.4) is 0 Å². The molecule has 2 amide bonds. The number of amides is 2. The van der Waals surface area contributed by atoms with Crippen molar-refractivity contribution in [3.63, 3.8) is 0 Å². The van der Waals surface area contributed by atoms with Gasteiger partial charge in [0.25, 0.3) is 0 Å². The summed E-state index contributed by atoms with van der Waals surface area (Å²) < 4.78 is 0. The minimum atomic E-state index is -0.428. The zero-order valence-electron chi connectivity index (χ0n) is 9.54. The molecule has 0 saturated carbocycles. The van der Waals surface area contributed by atoms with Gasteiger partial charge in [0, 0.05) is 32.6 Å². The van der Waals surface area contributed by atoms with Crippen molar-refractivity contribution in [3.05, 3.63) is 0 Å². The summed E-state index contributed by atoms with van der Waals surface area (Å²) >= 11 is 0. The van der Waals surface area contributed by atoms with Crippen LogP contribution in [0.15, 0.2) is 0 Å². The molecule has 0 radical (unpaired) electrons. The molecular weight excluding hydrogens is 194 g/mol. The normalized spacial score (nSPS) is 23.4. The highest BCUT2D eigenvalue weighted by Gasteiger charge is 2.26. The first-order valence-corrected chi connectivity index (χ1v) is 5.30. The Kier molecular flexibility index (Phi) is 4.08. The van der Waals surface area contributed by atoms with Crippen LogP contribution in [0.2, 0.25) is 0 Å². The first kappa shape index (κ1) is 12.0. The second-order valence-electron chi connectivity index (χ2n) is 4.01. The van der Waals surface area contributed by atoms with Crippen molar-refractivity contribution in [2.75, 3.05) is 19.6 Å². The maximum Gasteiger partial charge on any atom is 0.245 e. The van der Waals surface area contributed by atoms with E-state index >= 15 is 0 Å². The zero-order chi connectivity index (χ0) is 11.4. The Morgan fingerprint density at radius 1 is 1.53 bits per heavy atom. The van der Waals surface area contributed by atoms with Gasteiger partial charge in [-0.2, -0.15) is 0 Å². The van der Waals surface area contributed by atoms with Gasteiger partial charge in [0.2, 0.25) is 11.8 Å². The number of nitrogens with one attached hydrogen (secondary N) is 2. The first-order valence-electron chi connectivity index (χ1n) is 5.30. The molecule has 1 fully saturated rings. The molecule has 15 heavy (non-hydrogen) atoms. The van der Waals surface area contributed by atoms with Crippen molar-refractivity contribution in [2.24, 2.45) is 0 Å². The third kappa shape index (κ3) is 3.20. The summed E-state index contributed by atoms with van der Waals surface area (Å²) in [4.78, 5) is 24.6. The minimum absolute atomic E-state index is 0.000741. The highest BCUT2D eigenvalue weighted by Crippen LogP contribution is 2.04. The van der Waals surface area contributed by atoms with Crippen molar-refractivity contribution in [1.82, 2.24) is 15.5 Å². The Balaban J connectivity index is 2.54. The largest absolute Gasteiger partial charge is 0.345 e. The Morgan fingerprint density at radius 2 is 2.20 bits per heavy atom. The molecule has 0 aromatic carbocycles. The van der Waals surface area contributed by atoms with Gasteiger partial charge in [-0.25, -0.2) is 0 Å². The third-order valence-electron chi connectivity index (χ3n) is 2.57. The Morgan fingerprint density at radius 3 is 2.73 bits per heavy atom. The molecule has 0 aromatic rings. The van der Waals surface area contributed by atoms with Gasteiger partial charge in [-0.1, -0.05) is 0 Å². The standard InChI is InChI=1S/C10H19N3O2/c1-7-6-11-4-5-13(7)10(15)8(2)12-9(3)14/h7-8,11H,4-6H2,1-3H3,(H,12,14). The predicted octanol–water partition coefficient (Wildman–Crippen LogP) is -0.669. The number of carbonyl (C=O) groups is 2. The fourth-order valence-electron chi connectivity index (χ4n) is 1.78. The molecule has 1 aliphatic heterocycles. The zero-order valence-corrected chi connectivity index (χ0v) is 9.54. The van der Waals surface area contributed by atoms with E-state index in [0.717, 1.165) is 13.1 Å². The van der Waals surface area contributed by atoms with Crippen molar-refractivity contribution in [1.29, 1.82) is 0 Å². The molecule has 1 rings (SSSR count). The molecular formula is C10H19N3O2. The van der Waals surface area contributed by atoms with Crippen LogP contribution in [0.5, 0.6) is 0 Å². The van der Waals surface area contributed by atoms with Gasteiger partial charge in [-0.3, -0.25) is 9.59 Å². The average Bonchev–Trinajstić information content (AvgIpc) is 2.16. The van der Waals surface area contributed by atoms with E-state index in [0.29, 0.717) is 6.54 Å². The smallest absolute Gasteiger partial charge is 0.245 e. The lowest BCUT2D eigenvalue weighted by molar-refractivity contribution is -0.138. The summed E-state index contributed by atoms with van der Waals surface area (Å²) in [5.41, 5.74) is 0. The Labute approximate surface area is 90.2 Å². The van der Waals surface area contributed by atoms with Crippen molar-refractivity contribution >= 4 is 11.8 Å². The monoisotopic (exact) mass is 213 g/mol. The topological polar surface area (TPSA) is 61.4 Å². The molecule has 2 N–H and O–H groups in total. The van der Waals surface area contributed by atoms with Crippen molar-refractivity contribution in [3.8, 4) is 0 Å². The third-order valence-corrected chi connectivity index (χ3v) is 2.57. The molecule has 1 heterocycles. The maximum atomic E-state index is 11.9. The maximum absolute atomic E-state index is 11.9. The molecule has 1 aliphatic rings. The Hall–Kier alpha value is -1.10. The van der Waals surface area contributed by atoms with E-state index < -0.39 is 6.04 Å². The van der Waals surface area contributed by atoms with Gasteiger partial charge in [0.1, 0.15) is 6.04 Å². The van der Waals surface area contributed by atoms with Gasteiger partial charge in [-0.05, 0) is 13.8 Å². The van der Waals surface area contributed by atoms with Crippen LogP contribution < -0.4 is 10.6 Å². The first-order chi connectivity index (χ1) is 7.02. The van der Waals surface area contributed by atoms with E-state index in [1.807, 2.05) is 11.8 Å². The van der Waals surface area contributed by atoms with Crippen molar-refractivity contribution in [2.45, 2.75) is 32.9 Å². The highest BCUT2D eigenvalue weighted by molar-refractivity contribution is 5.86. The minimum Gasteiger partial charge on any atom is -0.345 e. The van der Waals surface area contributed by atoms with E-state index in [1.165, 1.54) is 6.92 Å². The van der Waals surface area contributed by atoms with Crippen LogP contribution in [0.4, 0.5) is 0 Å². The summed E-state index contributed by atoms with van der Waals surface area (Å²) in [7, 11) is 0. The van der Waals surface area contributed by atoms with E-state index in [4.69, 9.17) is 0 Å². The number of hydrogen-bond donors (Lipinski definition) is 2. The molecule has 2 atom stereocenters. The molecule has 0 aliphatic carbocycles. The molecule has 0 bridgehead atoms. The second-order valence-corrected chi connectivity index (χ2v) is 4.01. The summed E-state index contributed by atoms with van der Waals surface area (Å²) in [5.74, 6) is -0.169. The van der Waals surface area contributed by atoms with E-state index in [-0.39, 0.29) is 17.9 Å². The number of rotatable bonds is 2. The SMILES string of the molecule is CC(=O)NC(C)C(=O)N1CCNCC1C. The fraction of sp³-hybridized carbons (Fsp3) is 0.800. The van der Waals surface area contributed by atoms with Gasteiger partial charge in [-0.15, -0.1) is 0 Å². The fourth-order valence-corrected chi connectivity index (χ4v) is 1.78. The number of hydrogen-bond acceptors (Lipinski definition) is 3. The average molecular weight is 213 g/mol. The summed E-state index contributed by atoms with van der Waals surface area (Å²) in [6.07, 6.45) is 0. The van der Waals surface area contributed by atoms with E-state index in [2.05, 4.69) is 10.6 Å². The summed E-state index contributed by atoms with van der Waals surface area (Å²) in [6, 6.07) is -0.231. The molecule has 1 saturated heterocycles. The predicted molar refractivity (Wildman–Crippen MR) is 57.3 cm³/mol. The molecule has 5 nitrogen and oxygen atoms in total. The summed E-state index contributed by atoms with van der Waals surface area (Å²) in [6.45, 7) is 7.50. The van der Waals surface area contributed by atoms with Crippen LogP contribution in [0, 0.1) is 0 Å². The molecule has 0 spiro atoms. The lowest BCUT2D eigenvalue weighted by Gasteiger charge is -2.35. The van der Waals surface area contributed by atoms with E-state index in [1.54, 1.807) is 6.92 Å². The van der Waals surface area contributed by atoms with Gasteiger partial charge in [0.15, 0.2) is 0 Å². The molecule has 86 valence electrons. The quantitative estimate of drug-likeness (QED) is 0.639.